The summed E-state index contributed by atoms with van der Waals surface area (Å²) in [7, 11) is 1.69. The molecule has 2 nitrogen and oxygen atoms in total. The van der Waals surface area contributed by atoms with Crippen LogP contribution >= 0.6 is 27.5 Å². The quantitative estimate of drug-likeness (QED) is 0.882. The third-order valence-electron chi connectivity index (χ3n) is 2.15. The number of hydrogen-bond donors (Lipinski definition) is 1. The van der Waals surface area contributed by atoms with Crippen LogP contribution in [0.15, 0.2) is 33.8 Å². The van der Waals surface area contributed by atoms with E-state index in [1.807, 2.05) is 25.1 Å². The van der Waals surface area contributed by atoms with E-state index >= 15 is 0 Å². The molecule has 0 aromatic heterocycles. The Balaban J connectivity index is 2.82. The van der Waals surface area contributed by atoms with Gasteiger partial charge in [-0.3, -0.25) is 0 Å². The van der Waals surface area contributed by atoms with Crippen LogP contribution in [0.2, 0.25) is 0 Å². The van der Waals surface area contributed by atoms with E-state index < -0.39 is 0 Å². The van der Waals surface area contributed by atoms with Gasteiger partial charge in [-0.2, -0.15) is 0 Å². The largest absolute Gasteiger partial charge is 0.381 e. The van der Waals surface area contributed by atoms with Gasteiger partial charge in [0.1, 0.15) is 0 Å². The van der Waals surface area contributed by atoms with Crippen molar-refractivity contribution in [2.75, 3.05) is 19.0 Å². The highest BCUT2D eigenvalue weighted by atomic mass is 79.9. The van der Waals surface area contributed by atoms with Crippen molar-refractivity contribution in [1.82, 2.24) is 0 Å². The Labute approximate surface area is 110 Å². The number of benzene rings is 1. The smallest absolute Gasteiger partial charge is 0.0744 e. The summed E-state index contributed by atoms with van der Waals surface area (Å²) in [6.07, 6.45) is 0. The predicted molar refractivity (Wildman–Crippen MR) is 73.0 cm³/mol. The van der Waals surface area contributed by atoms with Crippen molar-refractivity contribution in [3.8, 4) is 0 Å². The van der Waals surface area contributed by atoms with Gasteiger partial charge in [-0.1, -0.05) is 33.6 Å². The van der Waals surface area contributed by atoms with Crippen LogP contribution in [-0.2, 0) is 11.3 Å². The van der Waals surface area contributed by atoms with Crippen LogP contribution in [0.3, 0.4) is 0 Å². The Morgan fingerprint density at radius 3 is 2.94 bits per heavy atom. The number of rotatable bonds is 5. The maximum Gasteiger partial charge on any atom is 0.0744 e. The number of ether oxygens (including phenoxy) is 1. The molecule has 16 heavy (non-hydrogen) atoms. The molecule has 1 rings (SSSR count). The molecule has 1 N–H and O–H groups in total. The lowest BCUT2D eigenvalue weighted by molar-refractivity contribution is 0.185. The highest BCUT2D eigenvalue weighted by Crippen LogP contribution is 2.25. The lowest BCUT2D eigenvalue weighted by atomic mass is 10.2. The SMILES string of the molecule is COCc1c(Br)cccc1NC/C(C)=C/Cl. The highest BCUT2D eigenvalue weighted by molar-refractivity contribution is 9.10. The van der Waals surface area contributed by atoms with Gasteiger partial charge in [-0.05, 0) is 24.6 Å². The maximum atomic E-state index is 5.61. The molecule has 0 spiro atoms. The monoisotopic (exact) mass is 303 g/mol. The van der Waals surface area contributed by atoms with Gasteiger partial charge in [0.25, 0.3) is 0 Å². The first-order valence-electron chi connectivity index (χ1n) is 4.95. The second kappa shape index (κ2) is 6.94. The fourth-order valence-electron chi connectivity index (χ4n) is 1.29. The van der Waals surface area contributed by atoms with Gasteiger partial charge in [-0.25, -0.2) is 0 Å². The summed E-state index contributed by atoms with van der Waals surface area (Å²) < 4.78 is 6.22. The lowest BCUT2D eigenvalue weighted by Gasteiger charge is -2.13. The van der Waals surface area contributed by atoms with Gasteiger partial charge in [0.15, 0.2) is 0 Å². The molecule has 88 valence electrons. The van der Waals surface area contributed by atoms with Crippen molar-refractivity contribution in [2.24, 2.45) is 0 Å². The minimum atomic E-state index is 0.577. The Kier molecular flexibility index (Phi) is 5.88. The third-order valence-corrected chi connectivity index (χ3v) is 3.27. The molecule has 1 aromatic carbocycles. The first-order valence-corrected chi connectivity index (χ1v) is 6.18. The van der Waals surface area contributed by atoms with Crippen LogP contribution in [0.4, 0.5) is 5.69 Å². The summed E-state index contributed by atoms with van der Waals surface area (Å²) >= 11 is 9.13. The van der Waals surface area contributed by atoms with E-state index in [9.17, 15) is 0 Å². The summed E-state index contributed by atoms with van der Waals surface area (Å²) in [5, 5.41) is 3.33. The third kappa shape index (κ3) is 3.81. The van der Waals surface area contributed by atoms with Crippen LogP contribution in [0, 0.1) is 0 Å². The number of nitrogens with one attached hydrogen (secondary N) is 1. The van der Waals surface area contributed by atoms with Crippen LogP contribution in [-0.4, -0.2) is 13.7 Å². The molecule has 0 bridgehead atoms. The zero-order valence-electron chi connectivity index (χ0n) is 9.39. The van der Waals surface area contributed by atoms with Gasteiger partial charge in [0.05, 0.1) is 6.61 Å². The van der Waals surface area contributed by atoms with E-state index in [2.05, 4.69) is 21.2 Å². The zero-order chi connectivity index (χ0) is 12.0. The van der Waals surface area contributed by atoms with Crippen molar-refractivity contribution in [3.63, 3.8) is 0 Å². The number of halogens is 2. The molecule has 4 heteroatoms. The van der Waals surface area contributed by atoms with Crippen molar-refractivity contribution >= 4 is 33.2 Å². The molecule has 0 atom stereocenters. The van der Waals surface area contributed by atoms with E-state index in [0.717, 1.165) is 27.8 Å². The maximum absolute atomic E-state index is 5.61. The van der Waals surface area contributed by atoms with Crippen molar-refractivity contribution < 1.29 is 4.74 Å². The molecule has 0 radical (unpaired) electrons. The minimum absolute atomic E-state index is 0.577. The molecule has 0 fully saturated rings. The topological polar surface area (TPSA) is 21.3 Å². The Hall–Kier alpha value is -0.510. The zero-order valence-corrected chi connectivity index (χ0v) is 11.7. The molecule has 0 saturated carbocycles. The van der Waals surface area contributed by atoms with Crippen molar-refractivity contribution in [3.05, 3.63) is 39.3 Å². The van der Waals surface area contributed by atoms with Crippen LogP contribution < -0.4 is 5.32 Å². The first-order chi connectivity index (χ1) is 7.69. The second-order valence-corrected chi connectivity index (χ2v) is 4.58. The predicted octanol–water partition coefficient (Wildman–Crippen LogP) is 4.15. The summed E-state index contributed by atoms with van der Waals surface area (Å²) in [4.78, 5) is 0. The Morgan fingerprint density at radius 2 is 2.31 bits per heavy atom. The molecule has 1 aromatic rings. The summed E-state index contributed by atoms with van der Waals surface area (Å²) in [5.41, 5.74) is 4.85. The summed E-state index contributed by atoms with van der Waals surface area (Å²) in [6.45, 7) is 3.29. The number of anilines is 1. The standard InChI is InChI=1S/C12H15BrClNO/c1-9(6-14)7-15-12-5-3-4-11(13)10(12)8-16-2/h3-6,15H,7-8H2,1-2H3/b9-6+. The van der Waals surface area contributed by atoms with Crippen molar-refractivity contribution in [2.45, 2.75) is 13.5 Å². The molecule has 0 unspecified atom stereocenters. The van der Waals surface area contributed by atoms with Crippen LogP contribution in [0.5, 0.6) is 0 Å². The minimum Gasteiger partial charge on any atom is -0.381 e. The fourth-order valence-corrected chi connectivity index (χ4v) is 1.85. The van der Waals surface area contributed by atoms with Gasteiger partial charge in [0.2, 0.25) is 0 Å². The average Bonchev–Trinajstić information content (AvgIpc) is 2.29. The lowest BCUT2D eigenvalue weighted by Crippen LogP contribution is -2.06. The Bertz CT molecular complexity index is 379. The van der Waals surface area contributed by atoms with Gasteiger partial charge in [-0.15, -0.1) is 0 Å². The van der Waals surface area contributed by atoms with Gasteiger partial charge < -0.3 is 10.1 Å². The molecular weight excluding hydrogens is 289 g/mol. The molecular formula is C12H15BrClNO. The fraction of sp³-hybridized carbons (Fsp3) is 0.333. The van der Waals surface area contributed by atoms with Gasteiger partial charge >= 0.3 is 0 Å². The summed E-state index contributed by atoms with van der Waals surface area (Å²) in [5.74, 6) is 0. The van der Waals surface area contributed by atoms with E-state index in [-0.39, 0.29) is 0 Å². The van der Waals surface area contributed by atoms with Crippen LogP contribution in [0.1, 0.15) is 12.5 Å². The molecule has 0 saturated heterocycles. The highest BCUT2D eigenvalue weighted by Gasteiger charge is 2.05. The molecule has 0 aliphatic carbocycles. The molecule has 0 amide bonds. The van der Waals surface area contributed by atoms with Crippen molar-refractivity contribution in [1.29, 1.82) is 0 Å². The molecule has 0 aliphatic heterocycles. The Morgan fingerprint density at radius 1 is 1.56 bits per heavy atom. The number of methoxy groups -OCH3 is 1. The second-order valence-electron chi connectivity index (χ2n) is 3.51. The van der Waals surface area contributed by atoms with E-state index in [1.165, 1.54) is 0 Å². The van der Waals surface area contributed by atoms with E-state index in [1.54, 1.807) is 12.6 Å². The van der Waals surface area contributed by atoms with Gasteiger partial charge in [0, 0.05) is 34.9 Å². The molecule has 0 heterocycles. The summed E-state index contributed by atoms with van der Waals surface area (Å²) in [6, 6.07) is 6.02. The van der Waals surface area contributed by atoms with E-state index in [4.69, 9.17) is 16.3 Å². The number of hydrogen-bond acceptors (Lipinski definition) is 2. The average molecular weight is 305 g/mol. The first kappa shape index (κ1) is 13.6. The van der Waals surface area contributed by atoms with E-state index in [0.29, 0.717) is 6.61 Å². The van der Waals surface area contributed by atoms with Crippen LogP contribution in [0.25, 0.3) is 0 Å². The normalized spacial score (nSPS) is 11.6. The molecule has 0 aliphatic rings.